The standard InChI is InChI=1S/C22H32N4O3S/c27-19(14-26(18-9-10-18)21(29)16-7-3-1-4-8-16)24-22-23-17(15-30-22)13-20(28)25-11-5-2-6-12-25/h15-16,18H,1-14H2,(H,23,24,27). The molecule has 1 aromatic rings. The van der Waals surface area contributed by atoms with E-state index in [1.54, 1.807) is 4.90 Å². The number of likely N-dealkylation sites (tertiary alicyclic amines) is 1. The predicted molar refractivity (Wildman–Crippen MR) is 116 cm³/mol. The van der Waals surface area contributed by atoms with Gasteiger partial charge < -0.3 is 15.1 Å². The first-order valence-electron chi connectivity index (χ1n) is 11.4. The van der Waals surface area contributed by atoms with Crippen LogP contribution in [0.2, 0.25) is 0 Å². The predicted octanol–water partition coefficient (Wildman–Crippen LogP) is 3.21. The van der Waals surface area contributed by atoms with Crippen LogP contribution in [0, 0.1) is 5.92 Å². The fourth-order valence-electron chi connectivity index (χ4n) is 4.53. The molecule has 1 saturated heterocycles. The van der Waals surface area contributed by atoms with Gasteiger partial charge in [0.1, 0.15) is 6.54 Å². The maximum absolute atomic E-state index is 12.9. The van der Waals surface area contributed by atoms with Gasteiger partial charge in [-0.05, 0) is 44.9 Å². The van der Waals surface area contributed by atoms with E-state index in [1.165, 1.54) is 24.2 Å². The summed E-state index contributed by atoms with van der Waals surface area (Å²) in [5.41, 5.74) is 0.697. The van der Waals surface area contributed by atoms with Gasteiger partial charge in [0.2, 0.25) is 17.7 Å². The third-order valence-electron chi connectivity index (χ3n) is 6.38. The van der Waals surface area contributed by atoms with Crippen molar-refractivity contribution in [3.63, 3.8) is 0 Å². The lowest BCUT2D eigenvalue weighted by Gasteiger charge is -2.28. The number of thiazole rings is 1. The van der Waals surface area contributed by atoms with Gasteiger partial charge in [0.05, 0.1) is 12.1 Å². The average Bonchev–Trinajstić information content (AvgIpc) is 3.53. The van der Waals surface area contributed by atoms with Crippen molar-refractivity contribution >= 4 is 34.2 Å². The molecule has 164 valence electrons. The van der Waals surface area contributed by atoms with Gasteiger partial charge in [-0.2, -0.15) is 0 Å². The number of nitrogens with one attached hydrogen (secondary N) is 1. The van der Waals surface area contributed by atoms with Crippen molar-refractivity contribution in [2.24, 2.45) is 5.92 Å². The first-order chi connectivity index (χ1) is 14.6. The molecule has 2 saturated carbocycles. The topological polar surface area (TPSA) is 82.6 Å². The van der Waals surface area contributed by atoms with Crippen molar-refractivity contribution < 1.29 is 14.4 Å². The van der Waals surface area contributed by atoms with Crippen LogP contribution in [0.15, 0.2) is 5.38 Å². The summed E-state index contributed by atoms with van der Waals surface area (Å²) in [5, 5.41) is 5.17. The number of carbonyl (C=O) groups is 3. The molecule has 2 aliphatic carbocycles. The van der Waals surface area contributed by atoms with Crippen molar-refractivity contribution in [3.8, 4) is 0 Å². The van der Waals surface area contributed by atoms with E-state index >= 15 is 0 Å². The highest BCUT2D eigenvalue weighted by atomic mass is 32.1. The summed E-state index contributed by atoms with van der Waals surface area (Å²) in [5.74, 6) is 0.143. The Morgan fingerprint density at radius 1 is 1.03 bits per heavy atom. The summed E-state index contributed by atoms with van der Waals surface area (Å²) >= 11 is 1.34. The van der Waals surface area contributed by atoms with Gasteiger partial charge in [-0.15, -0.1) is 11.3 Å². The lowest BCUT2D eigenvalue weighted by atomic mass is 9.88. The second kappa shape index (κ2) is 9.90. The molecule has 1 aliphatic heterocycles. The van der Waals surface area contributed by atoms with Crippen molar-refractivity contribution in [1.29, 1.82) is 0 Å². The minimum Gasteiger partial charge on any atom is -0.342 e. The number of piperidine rings is 1. The summed E-state index contributed by atoms with van der Waals surface area (Å²) in [6.07, 6.45) is 10.9. The quantitative estimate of drug-likeness (QED) is 0.717. The second-order valence-electron chi connectivity index (χ2n) is 8.84. The monoisotopic (exact) mass is 432 g/mol. The normalized spacial score (nSPS) is 20.1. The van der Waals surface area contributed by atoms with Crippen LogP contribution < -0.4 is 5.32 Å². The van der Waals surface area contributed by atoms with E-state index in [9.17, 15) is 14.4 Å². The van der Waals surface area contributed by atoms with Gasteiger partial charge in [0.25, 0.3) is 0 Å². The summed E-state index contributed by atoms with van der Waals surface area (Å²) in [6, 6.07) is 0.221. The van der Waals surface area contributed by atoms with Gasteiger partial charge >= 0.3 is 0 Å². The molecule has 0 bridgehead atoms. The third-order valence-corrected chi connectivity index (χ3v) is 7.18. The molecular formula is C22H32N4O3S. The summed E-state index contributed by atoms with van der Waals surface area (Å²) in [7, 11) is 0. The van der Waals surface area contributed by atoms with Gasteiger partial charge in [-0.3, -0.25) is 14.4 Å². The molecule has 3 amide bonds. The maximum Gasteiger partial charge on any atom is 0.245 e. The molecular weight excluding hydrogens is 400 g/mol. The minimum absolute atomic E-state index is 0.0828. The fourth-order valence-corrected chi connectivity index (χ4v) is 5.25. The molecule has 4 rings (SSSR count). The number of aromatic nitrogens is 1. The van der Waals surface area contributed by atoms with E-state index in [0.717, 1.165) is 64.5 Å². The first kappa shape index (κ1) is 21.3. The zero-order valence-corrected chi connectivity index (χ0v) is 18.4. The van der Waals surface area contributed by atoms with Crippen LogP contribution in [-0.2, 0) is 20.8 Å². The number of anilines is 1. The van der Waals surface area contributed by atoms with Gasteiger partial charge in [-0.1, -0.05) is 19.3 Å². The van der Waals surface area contributed by atoms with E-state index in [1.807, 2.05) is 10.3 Å². The smallest absolute Gasteiger partial charge is 0.245 e. The minimum atomic E-state index is -0.200. The van der Waals surface area contributed by atoms with E-state index in [2.05, 4.69) is 10.3 Å². The molecule has 2 heterocycles. The molecule has 1 N–H and O–H groups in total. The van der Waals surface area contributed by atoms with Crippen LogP contribution in [-0.4, -0.2) is 58.2 Å². The highest BCUT2D eigenvalue weighted by molar-refractivity contribution is 7.13. The molecule has 3 fully saturated rings. The fraction of sp³-hybridized carbons (Fsp3) is 0.727. The SMILES string of the molecule is O=C(CN(C(=O)C1CCCCC1)C1CC1)Nc1nc(CC(=O)N2CCCCC2)cs1. The van der Waals surface area contributed by atoms with Gasteiger partial charge in [-0.25, -0.2) is 4.98 Å². The summed E-state index contributed by atoms with van der Waals surface area (Å²) in [6.45, 7) is 1.76. The third kappa shape index (κ3) is 5.59. The second-order valence-corrected chi connectivity index (χ2v) is 9.70. The van der Waals surface area contributed by atoms with Crippen LogP contribution >= 0.6 is 11.3 Å². The van der Waals surface area contributed by atoms with Crippen molar-refractivity contribution in [3.05, 3.63) is 11.1 Å². The van der Waals surface area contributed by atoms with Crippen LogP contribution in [0.4, 0.5) is 5.13 Å². The van der Waals surface area contributed by atoms with E-state index in [4.69, 9.17) is 0 Å². The lowest BCUT2D eigenvalue weighted by Crippen LogP contribution is -2.43. The van der Waals surface area contributed by atoms with Crippen molar-refractivity contribution in [2.75, 3.05) is 25.0 Å². The number of carbonyl (C=O) groups excluding carboxylic acids is 3. The Bertz CT molecular complexity index is 764. The van der Waals surface area contributed by atoms with Crippen LogP contribution in [0.25, 0.3) is 0 Å². The Morgan fingerprint density at radius 3 is 2.43 bits per heavy atom. The molecule has 7 nitrogen and oxygen atoms in total. The molecule has 3 aliphatic rings. The molecule has 0 radical (unpaired) electrons. The molecule has 0 atom stereocenters. The average molecular weight is 433 g/mol. The Hall–Kier alpha value is -1.96. The van der Waals surface area contributed by atoms with Gasteiger partial charge in [0, 0.05) is 30.4 Å². The zero-order chi connectivity index (χ0) is 20.9. The number of hydrogen-bond donors (Lipinski definition) is 1. The Balaban J connectivity index is 1.29. The van der Waals surface area contributed by atoms with Crippen molar-refractivity contribution in [2.45, 2.75) is 76.7 Å². The summed E-state index contributed by atoms with van der Waals surface area (Å²) in [4.78, 5) is 46.1. The zero-order valence-electron chi connectivity index (χ0n) is 17.6. The van der Waals surface area contributed by atoms with Gasteiger partial charge in [0.15, 0.2) is 5.13 Å². The Morgan fingerprint density at radius 2 is 1.73 bits per heavy atom. The van der Waals surface area contributed by atoms with Crippen LogP contribution in [0.1, 0.15) is 69.9 Å². The molecule has 1 aromatic heterocycles. The lowest BCUT2D eigenvalue weighted by molar-refractivity contribution is -0.139. The largest absolute Gasteiger partial charge is 0.342 e. The number of nitrogens with zero attached hydrogens (tertiary/aromatic N) is 3. The molecule has 8 heteroatoms. The van der Waals surface area contributed by atoms with Crippen molar-refractivity contribution in [1.82, 2.24) is 14.8 Å². The Labute approximate surface area is 182 Å². The Kier molecular flexibility index (Phi) is 7.02. The molecule has 0 unspecified atom stereocenters. The van der Waals surface area contributed by atoms with Crippen LogP contribution in [0.3, 0.4) is 0 Å². The number of rotatable bonds is 7. The van der Waals surface area contributed by atoms with Crippen LogP contribution in [0.5, 0.6) is 0 Å². The van der Waals surface area contributed by atoms with E-state index in [-0.39, 0.29) is 42.6 Å². The molecule has 0 spiro atoms. The van der Waals surface area contributed by atoms with E-state index in [0.29, 0.717) is 10.8 Å². The first-order valence-corrected chi connectivity index (χ1v) is 12.3. The maximum atomic E-state index is 12.9. The highest BCUT2D eigenvalue weighted by Crippen LogP contribution is 2.32. The summed E-state index contributed by atoms with van der Waals surface area (Å²) < 4.78 is 0. The van der Waals surface area contributed by atoms with E-state index < -0.39 is 0 Å². The highest BCUT2D eigenvalue weighted by Gasteiger charge is 2.37. The molecule has 30 heavy (non-hydrogen) atoms. The number of amides is 3. The molecule has 0 aromatic carbocycles. The number of hydrogen-bond acceptors (Lipinski definition) is 5.